The monoisotopic (exact) mass is 776 g/mol. The third-order valence-corrected chi connectivity index (χ3v) is 12.1. The molecule has 0 saturated heterocycles. The predicted molar refractivity (Wildman–Crippen MR) is 239 cm³/mol. The maximum absolute atomic E-state index is 10.5. The molecule has 0 amide bonds. The van der Waals surface area contributed by atoms with Crippen LogP contribution in [0.15, 0.2) is 143 Å². The van der Waals surface area contributed by atoms with Crippen LogP contribution in [-0.2, 0) is 14.1 Å². The third-order valence-electron chi connectivity index (χ3n) is 12.1. The summed E-state index contributed by atoms with van der Waals surface area (Å²) in [5, 5.41) is 24.3. The molecule has 10 rings (SSSR count). The smallest absolute Gasteiger partial charge is 0.216 e. The number of aromatic nitrogens is 2. The lowest BCUT2D eigenvalue weighted by atomic mass is 9.90. The van der Waals surface area contributed by atoms with Crippen LogP contribution >= 0.6 is 0 Å². The molecule has 0 aliphatic heterocycles. The van der Waals surface area contributed by atoms with Crippen molar-refractivity contribution < 1.29 is 18.0 Å². The minimum atomic E-state index is 0.611. The van der Waals surface area contributed by atoms with Crippen molar-refractivity contribution in [1.29, 1.82) is 10.5 Å². The summed E-state index contributed by atoms with van der Waals surface area (Å²) in [7, 11) is 4.12. The highest BCUT2D eigenvalue weighted by molar-refractivity contribution is 6.18. The van der Waals surface area contributed by atoms with Crippen LogP contribution in [0, 0.1) is 50.4 Å². The second kappa shape index (κ2) is 13.9. The standard InChI is InChI=1S/C54H40N4O2/c1-31-15-21-41-50-48(40(29-56)25-34(4)52(50)60-53(41)46(31)44-14-10-11-23-57(44)5)38-18-16-36(17-19-38)39-20-22-45(58(6)30-39)47-32(2)26-42(37-12-8-7-9-13-37)49-43-27-35(28-55)24-33(3)51(43)59-54(47)49/h7-27,30H,1-6H3/q+2. The molecule has 0 atom stereocenters. The summed E-state index contributed by atoms with van der Waals surface area (Å²) in [5.74, 6) is 0. The number of hydrogen-bond donors (Lipinski definition) is 0. The van der Waals surface area contributed by atoms with E-state index >= 15 is 0 Å². The van der Waals surface area contributed by atoms with E-state index in [0.717, 1.165) is 122 Å². The summed E-state index contributed by atoms with van der Waals surface area (Å²) in [6, 6.07) is 46.5. The zero-order valence-electron chi connectivity index (χ0n) is 34.3. The van der Waals surface area contributed by atoms with Gasteiger partial charge in [0.1, 0.15) is 36.4 Å². The van der Waals surface area contributed by atoms with Gasteiger partial charge in [0.25, 0.3) is 0 Å². The molecule has 0 aliphatic carbocycles. The molecule has 286 valence electrons. The number of aryl methyl sites for hydroxylation is 6. The van der Waals surface area contributed by atoms with E-state index in [1.807, 2.05) is 63.5 Å². The van der Waals surface area contributed by atoms with E-state index in [1.54, 1.807) is 0 Å². The van der Waals surface area contributed by atoms with E-state index in [1.165, 1.54) is 0 Å². The van der Waals surface area contributed by atoms with Gasteiger partial charge in [0.15, 0.2) is 12.4 Å². The first kappa shape index (κ1) is 36.5. The lowest BCUT2D eigenvalue weighted by molar-refractivity contribution is -0.660. The third kappa shape index (κ3) is 5.61. The molecule has 6 nitrogen and oxygen atoms in total. The van der Waals surface area contributed by atoms with Crippen molar-refractivity contribution >= 4 is 43.9 Å². The van der Waals surface area contributed by atoms with Crippen LogP contribution in [-0.4, -0.2) is 0 Å². The first-order chi connectivity index (χ1) is 29.1. The Hall–Kier alpha value is -7.80. The molecule has 0 fully saturated rings. The average molecular weight is 777 g/mol. The van der Waals surface area contributed by atoms with Gasteiger partial charge in [-0.3, -0.25) is 0 Å². The molecule has 0 saturated carbocycles. The molecule has 6 aromatic carbocycles. The van der Waals surface area contributed by atoms with Crippen molar-refractivity contribution in [1.82, 2.24) is 0 Å². The summed E-state index contributed by atoms with van der Waals surface area (Å²) in [4.78, 5) is 0. The Balaban J connectivity index is 1.09. The van der Waals surface area contributed by atoms with Crippen LogP contribution in [0.5, 0.6) is 0 Å². The van der Waals surface area contributed by atoms with E-state index in [2.05, 4.69) is 133 Å². The maximum atomic E-state index is 10.5. The number of hydrogen-bond acceptors (Lipinski definition) is 4. The molecule has 0 aliphatic rings. The number of rotatable bonds is 5. The zero-order chi connectivity index (χ0) is 41.4. The Labute approximate surface area is 348 Å². The van der Waals surface area contributed by atoms with Gasteiger partial charge < -0.3 is 8.83 Å². The van der Waals surface area contributed by atoms with Crippen molar-refractivity contribution in [3.63, 3.8) is 0 Å². The van der Waals surface area contributed by atoms with Gasteiger partial charge in [0, 0.05) is 50.9 Å². The van der Waals surface area contributed by atoms with E-state index in [4.69, 9.17) is 8.83 Å². The Morgan fingerprint density at radius 1 is 0.467 bits per heavy atom. The average Bonchev–Trinajstić information content (AvgIpc) is 3.84. The van der Waals surface area contributed by atoms with Gasteiger partial charge in [-0.05, 0) is 109 Å². The number of fused-ring (bicyclic) bond motifs is 6. The van der Waals surface area contributed by atoms with Crippen LogP contribution in [0.4, 0.5) is 0 Å². The fraction of sp³-hybridized carbons (Fsp3) is 0.111. The minimum absolute atomic E-state index is 0.611. The molecule has 4 heterocycles. The highest BCUT2D eigenvalue weighted by atomic mass is 16.3. The molecular weight excluding hydrogens is 737 g/mol. The van der Waals surface area contributed by atoms with Crippen molar-refractivity contribution in [2.45, 2.75) is 27.7 Å². The second-order valence-electron chi connectivity index (χ2n) is 15.9. The molecule has 60 heavy (non-hydrogen) atoms. The molecule has 0 radical (unpaired) electrons. The Kier molecular flexibility index (Phi) is 8.49. The fourth-order valence-electron chi connectivity index (χ4n) is 9.21. The molecule has 0 unspecified atom stereocenters. The van der Waals surface area contributed by atoms with Gasteiger partial charge in [0.2, 0.25) is 11.4 Å². The van der Waals surface area contributed by atoms with E-state index in [9.17, 15) is 10.5 Å². The second-order valence-corrected chi connectivity index (χ2v) is 15.9. The summed E-state index contributed by atoms with van der Waals surface area (Å²) >= 11 is 0. The minimum Gasteiger partial charge on any atom is -0.455 e. The molecule has 0 bridgehead atoms. The zero-order valence-corrected chi connectivity index (χ0v) is 34.3. The summed E-state index contributed by atoms with van der Waals surface area (Å²) in [6.45, 7) is 8.27. The molecule has 10 aromatic rings. The molecular formula is C54H40N4O2+2. The maximum Gasteiger partial charge on any atom is 0.216 e. The van der Waals surface area contributed by atoms with E-state index < -0.39 is 0 Å². The molecule has 0 N–H and O–H groups in total. The SMILES string of the molecule is Cc1ccc2c(oc3c(C)cc(C#N)c(-c4ccc(-c5ccc(-c6c(C)cc(-c7ccccc7)c7c6oc6c(C)cc(C#N)cc67)[n+](C)c5)cc4)c32)c1-c1cccc[n+]1C. The number of nitriles is 2. The predicted octanol–water partition coefficient (Wildman–Crippen LogP) is 12.4. The van der Waals surface area contributed by atoms with Crippen molar-refractivity contribution in [3.05, 3.63) is 167 Å². The largest absolute Gasteiger partial charge is 0.455 e. The first-order valence-electron chi connectivity index (χ1n) is 20.1. The highest BCUT2D eigenvalue weighted by Gasteiger charge is 2.27. The first-order valence-corrected chi connectivity index (χ1v) is 20.1. The normalized spacial score (nSPS) is 11.5. The van der Waals surface area contributed by atoms with Gasteiger partial charge in [-0.2, -0.15) is 10.5 Å². The van der Waals surface area contributed by atoms with Gasteiger partial charge >= 0.3 is 0 Å². The van der Waals surface area contributed by atoms with Crippen LogP contribution in [0.25, 0.3) is 99.8 Å². The van der Waals surface area contributed by atoms with Crippen LogP contribution in [0.3, 0.4) is 0 Å². The van der Waals surface area contributed by atoms with Gasteiger partial charge in [-0.15, -0.1) is 0 Å². The van der Waals surface area contributed by atoms with Crippen LogP contribution < -0.4 is 9.13 Å². The quantitative estimate of drug-likeness (QED) is 0.163. The van der Waals surface area contributed by atoms with Crippen LogP contribution in [0.2, 0.25) is 0 Å². The topological polar surface area (TPSA) is 81.6 Å². The molecule has 6 heteroatoms. The van der Waals surface area contributed by atoms with Gasteiger partial charge in [-0.1, -0.05) is 66.7 Å². The highest BCUT2D eigenvalue weighted by Crippen LogP contribution is 2.46. The summed E-state index contributed by atoms with van der Waals surface area (Å²) in [6.07, 6.45) is 4.21. The lowest BCUT2D eigenvalue weighted by Gasteiger charge is -2.12. The molecule has 0 spiro atoms. The van der Waals surface area contributed by atoms with Gasteiger partial charge in [0.05, 0.1) is 34.4 Å². The van der Waals surface area contributed by atoms with Crippen molar-refractivity contribution in [2.24, 2.45) is 14.1 Å². The number of benzene rings is 6. The summed E-state index contributed by atoms with van der Waals surface area (Å²) in [5.41, 5.74) is 18.8. The Morgan fingerprint density at radius 3 is 1.88 bits per heavy atom. The van der Waals surface area contributed by atoms with Crippen molar-refractivity contribution in [3.8, 4) is 68.0 Å². The number of nitrogens with zero attached hydrogens (tertiary/aromatic N) is 4. The van der Waals surface area contributed by atoms with Crippen molar-refractivity contribution in [2.75, 3.05) is 0 Å². The number of furan rings is 2. The van der Waals surface area contributed by atoms with Gasteiger partial charge in [-0.25, -0.2) is 9.13 Å². The van der Waals surface area contributed by atoms with E-state index in [0.29, 0.717) is 11.1 Å². The Morgan fingerprint density at radius 2 is 1.15 bits per heavy atom. The lowest BCUT2D eigenvalue weighted by Crippen LogP contribution is -2.31. The summed E-state index contributed by atoms with van der Waals surface area (Å²) < 4.78 is 17.8. The Bertz CT molecular complexity index is 3500. The number of pyridine rings is 2. The molecule has 4 aromatic heterocycles. The fourth-order valence-corrected chi connectivity index (χ4v) is 9.21. The van der Waals surface area contributed by atoms with Crippen LogP contribution in [0.1, 0.15) is 33.4 Å². The van der Waals surface area contributed by atoms with E-state index in [-0.39, 0.29) is 0 Å².